The normalized spacial score (nSPS) is 25.2. The second-order valence-corrected chi connectivity index (χ2v) is 9.22. The van der Waals surface area contributed by atoms with Gasteiger partial charge in [-0.05, 0) is 32.4 Å². The van der Waals surface area contributed by atoms with Gasteiger partial charge in [-0.2, -0.15) is 5.10 Å². The molecule has 1 saturated heterocycles. The lowest BCUT2D eigenvalue weighted by Crippen LogP contribution is -2.58. The Hall–Kier alpha value is -2.93. The molecule has 9 nitrogen and oxygen atoms in total. The second-order valence-electron chi connectivity index (χ2n) is 8.18. The van der Waals surface area contributed by atoms with Crippen molar-refractivity contribution < 1.29 is 23.4 Å². The molecule has 0 spiro atoms. The number of aliphatic hydroxyl groups is 1. The zero-order chi connectivity index (χ0) is 24.1. The number of hydrogen-bond donors (Lipinski definition) is 4. The summed E-state index contributed by atoms with van der Waals surface area (Å²) in [5.74, 6) is -2.27. The van der Waals surface area contributed by atoms with Crippen LogP contribution in [0.3, 0.4) is 0 Å². The number of carbonyl (C=O) groups is 1. The van der Waals surface area contributed by atoms with Crippen molar-refractivity contribution in [2.24, 2.45) is 12.8 Å². The smallest absolute Gasteiger partial charge is 0.277 e. The van der Waals surface area contributed by atoms with Crippen LogP contribution in [0.4, 0.5) is 19.5 Å². The van der Waals surface area contributed by atoms with E-state index in [0.717, 1.165) is 23.5 Å². The van der Waals surface area contributed by atoms with Gasteiger partial charge in [0.15, 0.2) is 5.69 Å². The van der Waals surface area contributed by atoms with Gasteiger partial charge in [0.25, 0.3) is 5.91 Å². The topological polar surface area (TPSA) is 141 Å². The summed E-state index contributed by atoms with van der Waals surface area (Å²) in [4.78, 5) is 17.0. The molecule has 4 rings (SSSR count). The number of rotatable bonds is 4. The number of amides is 1. The number of halogens is 2. The van der Waals surface area contributed by atoms with Gasteiger partial charge in [0, 0.05) is 13.1 Å². The Morgan fingerprint density at radius 1 is 1.39 bits per heavy atom. The summed E-state index contributed by atoms with van der Waals surface area (Å²) >= 11 is 0.808. The highest BCUT2D eigenvalue weighted by atomic mass is 32.1. The van der Waals surface area contributed by atoms with Crippen LogP contribution in [0.2, 0.25) is 0 Å². The third kappa shape index (κ3) is 4.10. The molecule has 1 amide bonds. The molecule has 3 aromatic rings. The molecule has 6 N–H and O–H groups in total. The third-order valence-corrected chi connectivity index (χ3v) is 6.90. The fraction of sp³-hybridized carbons (Fsp3) is 0.381. The van der Waals surface area contributed by atoms with Gasteiger partial charge in [0.1, 0.15) is 33.3 Å². The maximum atomic E-state index is 14.1. The highest BCUT2D eigenvalue weighted by Gasteiger charge is 2.44. The van der Waals surface area contributed by atoms with E-state index < -0.39 is 41.4 Å². The van der Waals surface area contributed by atoms with E-state index in [1.807, 2.05) is 0 Å². The minimum atomic E-state index is -1.20. The monoisotopic (exact) mass is 478 g/mol. The zero-order valence-corrected chi connectivity index (χ0v) is 19.0. The number of nitrogens with two attached hydrogens (primary N) is 2. The maximum Gasteiger partial charge on any atom is 0.277 e. The maximum absolute atomic E-state index is 14.1. The summed E-state index contributed by atoms with van der Waals surface area (Å²) in [5, 5.41) is 17.4. The van der Waals surface area contributed by atoms with Crippen molar-refractivity contribution in [3.05, 3.63) is 47.4 Å². The summed E-state index contributed by atoms with van der Waals surface area (Å²) < 4.78 is 35.8. The van der Waals surface area contributed by atoms with Crippen LogP contribution in [-0.4, -0.2) is 43.5 Å². The van der Waals surface area contributed by atoms with Crippen molar-refractivity contribution in [1.82, 2.24) is 14.8 Å². The van der Waals surface area contributed by atoms with Gasteiger partial charge in [0.2, 0.25) is 0 Å². The number of benzene rings is 1. The molecular formula is C21H24F2N6O3S. The first kappa shape index (κ1) is 23.2. The number of aryl methyl sites for hydroxylation is 1. The molecule has 1 aliphatic heterocycles. The van der Waals surface area contributed by atoms with Crippen LogP contribution in [-0.2, 0) is 11.8 Å². The van der Waals surface area contributed by atoms with Gasteiger partial charge in [-0.15, -0.1) is 0 Å². The Morgan fingerprint density at radius 2 is 2.06 bits per heavy atom. The number of aromatic nitrogens is 3. The number of nitrogens with zero attached hydrogens (tertiary/aromatic N) is 3. The highest BCUT2D eigenvalue weighted by molar-refractivity contribution is 7.19. The number of carbonyl (C=O) groups excluding carboxylic acids is 1. The molecular weight excluding hydrogens is 454 g/mol. The minimum Gasteiger partial charge on any atom is -0.389 e. The van der Waals surface area contributed by atoms with Gasteiger partial charge in [-0.25, -0.2) is 13.8 Å². The third-order valence-electron chi connectivity index (χ3n) is 5.99. The lowest BCUT2D eigenvalue weighted by atomic mass is 9.84. The Balaban J connectivity index is 1.61. The van der Waals surface area contributed by atoms with Gasteiger partial charge in [-0.3, -0.25) is 9.48 Å². The summed E-state index contributed by atoms with van der Waals surface area (Å²) in [7, 11) is 1.69. The van der Waals surface area contributed by atoms with E-state index in [-0.39, 0.29) is 21.3 Å². The van der Waals surface area contributed by atoms with Crippen molar-refractivity contribution in [3.63, 3.8) is 0 Å². The van der Waals surface area contributed by atoms with Gasteiger partial charge >= 0.3 is 0 Å². The van der Waals surface area contributed by atoms with E-state index >= 15 is 0 Å². The van der Waals surface area contributed by atoms with Gasteiger partial charge in [0.05, 0.1) is 29.2 Å². The molecule has 33 heavy (non-hydrogen) atoms. The van der Waals surface area contributed by atoms with E-state index in [2.05, 4.69) is 15.4 Å². The van der Waals surface area contributed by atoms with Crippen molar-refractivity contribution in [3.8, 4) is 10.6 Å². The molecule has 1 aromatic carbocycles. The number of nitrogen functional groups attached to an aromatic ring is 1. The van der Waals surface area contributed by atoms with Gasteiger partial charge < -0.3 is 26.6 Å². The standard InChI is InChI=1S/C21H24F2N6O3S/c1-9-21(2,31)14(24)7-13(32-9)17-12(8-26-29(17)3)27-19(30)16-18(25)33-20(28-16)15-10(22)5-4-6-11(15)23/h4-6,8-9,13-14,31H,7,24-25H2,1-3H3,(H,27,30)/t9?,13-,14-,21?/m1/s1. The summed E-state index contributed by atoms with van der Waals surface area (Å²) in [6.07, 6.45) is 0.653. The Bertz CT molecular complexity index is 1180. The average Bonchev–Trinajstić information content (AvgIpc) is 3.28. The van der Waals surface area contributed by atoms with Crippen LogP contribution >= 0.6 is 11.3 Å². The SMILES string of the molecule is CC1O[C@@H](c2c(NC(=O)c3nc(-c4c(F)cccc4F)sc3N)cnn2C)C[C@@H](N)C1(C)O. The largest absolute Gasteiger partial charge is 0.389 e. The predicted molar refractivity (Wildman–Crippen MR) is 120 cm³/mol. The van der Waals surface area contributed by atoms with Crippen LogP contribution in [0.25, 0.3) is 10.6 Å². The number of thiazole rings is 1. The molecule has 2 unspecified atom stereocenters. The number of anilines is 2. The van der Waals surface area contributed by atoms with Crippen LogP contribution in [0.1, 0.15) is 42.6 Å². The van der Waals surface area contributed by atoms with Crippen molar-refractivity contribution in [2.75, 3.05) is 11.1 Å². The molecule has 3 heterocycles. The predicted octanol–water partition coefficient (Wildman–Crippen LogP) is 2.58. The summed E-state index contributed by atoms with van der Waals surface area (Å²) in [5.41, 5.74) is 11.3. The quantitative estimate of drug-likeness (QED) is 0.452. The van der Waals surface area contributed by atoms with Crippen molar-refractivity contribution >= 4 is 27.9 Å². The lowest BCUT2D eigenvalue weighted by Gasteiger charge is -2.43. The van der Waals surface area contributed by atoms with E-state index in [1.54, 1.807) is 25.6 Å². The molecule has 176 valence electrons. The van der Waals surface area contributed by atoms with E-state index in [4.69, 9.17) is 16.2 Å². The van der Waals surface area contributed by atoms with Crippen molar-refractivity contribution in [2.45, 2.75) is 44.1 Å². The molecule has 12 heteroatoms. The molecule has 2 aromatic heterocycles. The zero-order valence-electron chi connectivity index (χ0n) is 18.2. The van der Waals surface area contributed by atoms with Crippen LogP contribution in [0.5, 0.6) is 0 Å². The lowest BCUT2D eigenvalue weighted by molar-refractivity contribution is -0.172. The first-order valence-corrected chi connectivity index (χ1v) is 11.0. The Labute approximate surface area is 192 Å². The van der Waals surface area contributed by atoms with E-state index in [1.165, 1.54) is 12.3 Å². The Kier molecular flexibility index (Phi) is 5.95. The molecule has 0 saturated carbocycles. The second kappa shape index (κ2) is 8.45. The Morgan fingerprint density at radius 3 is 2.70 bits per heavy atom. The first-order chi connectivity index (χ1) is 15.5. The first-order valence-electron chi connectivity index (χ1n) is 10.2. The van der Waals surface area contributed by atoms with E-state index in [0.29, 0.717) is 17.8 Å². The van der Waals surface area contributed by atoms with Crippen molar-refractivity contribution in [1.29, 1.82) is 0 Å². The minimum absolute atomic E-state index is 0.0104. The van der Waals surface area contributed by atoms with Crippen LogP contribution in [0.15, 0.2) is 24.4 Å². The molecule has 0 radical (unpaired) electrons. The fourth-order valence-corrected chi connectivity index (χ4v) is 4.67. The van der Waals surface area contributed by atoms with E-state index in [9.17, 15) is 18.7 Å². The summed E-state index contributed by atoms with van der Waals surface area (Å²) in [6.45, 7) is 3.34. The molecule has 0 bridgehead atoms. The summed E-state index contributed by atoms with van der Waals surface area (Å²) in [6, 6.07) is 2.88. The average molecular weight is 479 g/mol. The molecule has 4 atom stereocenters. The highest BCUT2D eigenvalue weighted by Crippen LogP contribution is 2.39. The molecule has 1 fully saturated rings. The number of ether oxygens (including phenoxy) is 1. The fourth-order valence-electron chi connectivity index (χ4n) is 3.80. The van der Waals surface area contributed by atoms with Crippen LogP contribution < -0.4 is 16.8 Å². The van der Waals surface area contributed by atoms with Gasteiger partial charge in [-0.1, -0.05) is 17.4 Å². The number of nitrogens with one attached hydrogen (secondary N) is 1. The number of hydrogen-bond acceptors (Lipinski definition) is 8. The molecule has 1 aliphatic rings. The molecule has 0 aliphatic carbocycles. The van der Waals surface area contributed by atoms with Crippen LogP contribution in [0, 0.1) is 11.6 Å².